The lowest BCUT2D eigenvalue weighted by Crippen LogP contribution is -2.16. The lowest BCUT2D eigenvalue weighted by molar-refractivity contribution is -0.115. The van der Waals surface area contributed by atoms with Crippen molar-refractivity contribution in [1.29, 1.82) is 0 Å². The average molecular weight is 402 g/mol. The van der Waals surface area contributed by atoms with Crippen LogP contribution in [-0.2, 0) is 21.2 Å². The largest absolute Gasteiger partial charge is 0.326 e. The first kappa shape index (κ1) is 19.0. The SMILES string of the molecule is NS(=O)(=O)c1cc(NC(=O)Cc2ccccc2Cl)cc(-c2cccnc2)c1. The molecule has 0 bridgehead atoms. The van der Waals surface area contributed by atoms with Gasteiger partial charge in [-0.05, 0) is 41.5 Å². The maximum absolute atomic E-state index is 12.4. The molecule has 27 heavy (non-hydrogen) atoms. The number of nitrogens with zero attached hydrogens (tertiary/aromatic N) is 1. The number of halogens is 1. The van der Waals surface area contributed by atoms with E-state index in [2.05, 4.69) is 10.3 Å². The van der Waals surface area contributed by atoms with Gasteiger partial charge in [-0.15, -0.1) is 0 Å². The molecule has 1 aromatic heterocycles. The van der Waals surface area contributed by atoms with E-state index < -0.39 is 10.0 Å². The predicted molar refractivity (Wildman–Crippen MR) is 105 cm³/mol. The number of amides is 1. The summed E-state index contributed by atoms with van der Waals surface area (Å²) in [5, 5.41) is 8.46. The van der Waals surface area contributed by atoms with Gasteiger partial charge < -0.3 is 5.32 Å². The summed E-state index contributed by atoms with van der Waals surface area (Å²) in [6, 6.07) is 15.0. The average Bonchev–Trinajstić information content (AvgIpc) is 2.63. The fourth-order valence-corrected chi connectivity index (χ4v) is 3.34. The zero-order valence-electron chi connectivity index (χ0n) is 14.1. The fourth-order valence-electron chi connectivity index (χ4n) is 2.56. The number of pyridine rings is 1. The van der Waals surface area contributed by atoms with E-state index in [4.69, 9.17) is 16.7 Å². The van der Waals surface area contributed by atoms with Crippen LogP contribution in [0.5, 0.6) is 0 Å². The molecule has 2 aromatic carbocycles. The molecule has 1 heterocycles. The summed E-state index contributed by atoms with van der Waals surface area (Å²) in [5.41, 5.74) is 2.26. The molecular weight excluding hydrogens is 386 g/mol. The van der Waals surface area contributed by atoms with E-state index in [1.807, 2.05) is 0 Å². The Bertz CT molecular complexity index is 1090. The van der Waals surface area contributed by atoms with E-state index >= 15 is 0 Å². The highest BCUT2D eigenvalue weighted by Gasteiger charge is 2.14. The highest BCUT2D eigenvalue weighted by Crippen LogP contribution is 2.26. The Balaban J connectivity index is 1.92. The number of anilines is 1. The highest BCUT2D eigenvalue weighted by molar-refractivity contribution is 7.89. The summed E-state index contributed by atoms with van der Waals surface area (Å²) < 4.78 is 23.6. The molecule has 3 rings (SSSR count). The van der Waals surface area contributed by atoms with Gasteiger partial charge in [0.25, 0.3) is 0 Å². The monoisotopic (exact) mass is 401 g/mol. The molecule has 0 fully saturated rings. The summed E-state index contributed by atoms with van der Waals surface area (Å²) in [6.45, 7) is 0. The van der Waals surface area contributed by atoms with Gasteiger partial charge in [-0.3, -0.25) is 9.78 Å². The molecule has 1 amide bonds. The van der Waals surface area contributed by atoms with Crippen molar-refractivity contribution < 1.29 is 13.2 Å². The number of sulfonamides is 1. The Hall–Kier alpha value is -2.74. The molecule has 0 saturated heterocycles. The molecule has 0 saturated carbocycles. The molecule has 3 aromatic rings. The topological polar surface area (TPSA) is 102 Å². The molecule has 0 aliphatic heterocycles. The molecular formula is C19H16ClN3O3S. The van der Waals surface area contributed by atoms with Crippen molar-refractivity contribution in [2.24, 2.45) is 5.14 Å². The summed E-state index contributed by atoms with van der Waals surface area (Å²) in [4.78, 5) is 16.3. The van der Waals surface area contributed by atoms with Crippen LogP contribution >= 0.6 is 11.6 Å². The van der Waals surface area contributed by atoms with Gasteiger partial charge in [-0.1, -0.05) is 35.9 Å². The minimum Gasteiger partial charge on any atom is -0.326 e. The minimum absolute atomic E-state index is 0.0570. The smallest absolute Gasteiger partial charge is 0.238 e. The van der Waals surface area contributed by atoms with Crippen LogP contribution in [-0.4, -0.2) is 19.3 Å². The van der Waals surface area contributed by atoms with Crippen molar-refractivity contribution in [3.05, 3.63) is 77.6 Å². The number of carbonyl (C=O) groups is 1. The van der Waals surface area contributed by atoms with Gasteiger partial charge in [0.1, 0.15) is 0 Å². The van der Waals surface area contributed by atoms with E-state index in [1.54, 1.807) is 54.9 Å². The molecule has 0 radical (unpaired) electrons. The van der Waals surface area contributed by atoms with Crippen LogP contribution in [0.1, 0.15) is 5.56 Å². The van der Waals surface area contributed by atoms with Crippen molar-refractivity contribution in [3.63, 3.8) is 0 Å². The number of aromatic nitrogens is 1. The highest BCUT2D eigenvalue weighted by atomic mass is 35.5. The van der Waals surface area contributed by atoms with Crippen molar-refractivity contribution in [2.75, 3.05) is 5.32 Å². The summed E-state index contributed by atoms with van der Waals surface area (Å²) in [7, 11) is -3.95. The second kappa shape index (κ2) is 7.87. The summed E-state index contributed by atoms with van der Waals surface area (Å²) in [6.07, 6.45) is 3.26. The van der Waals surface area contributed by atoms with Gasteiger partial charge in [0.15, 0.2) is 0 Å². The molecule has 0 aliphatic rings. The van der Waals surface area contributed by atoms with Crippen LogP contribution in [0.25, 0.3) is 11.1 Å². The lowest BCUT2D eigenvalue weighted by Gasteiger charge is -2.11. The van der Waals surface area contributed by atoms with Gasteiger partial charge in [-0.2, -0.15) is 0 Å². The van der Waals surface area contributed by atoms with Crippen LogP contribution < -0.4 is 10.5 Å². The third-order valence-electron chi connectivity index (χ3n) is 3.82. The Morgan fingerprint density at radius 1 is 1.07 bits per heavy atom. The zero-order chi connectivity index (χ0) is 19.4. The molecule has 138 valence electrons. The number of benzene rings is 2. The number of nitrogens with one attached hydrogen (secondary N) is 1. The number of nitrogens with two attached hydrogens (primary N) is 1. The Labute approximate surface area is 162 Å². The van der Waals surface area contributed by atoms with Crippen LogP contribution in [0, 0.1) is 0 Å². The van der Waals surface area contributed by atoms with E-state index in [1.165, 1.54) is 12.1 Å². The Kier molecular flexibility index (Phi) is 5.55. The Morgan fingerprint density at radius 2 is 1.85 bits per heavy atom. The molecule has 0 aliphatic carbocycles. The first-order chi connectivity index (χ1) is 12.8. The first-order valence-electron chi connectivity index (χ1n) is 7.94. The molecule has 0 atom stereocenters. The van der Waals surface area contributed by atoms with Crippen molar-refractivity contribution in [2.45, 2.75) is 11.3 Å². The lowest BCUT2D eigenvalue weighted by atomic mass is 10.1. The Morgan fingerprint density at radius 3 is 2.52 bits per heavy atom. The second-order valence-corrected chi connectivity index (χ2v) is 7.82. The fraction of sp³-hybridized carbons (Fsp3) is 0.0526. The van der Waals surface area contributed by atoms with E-state index in [0.29, 0.717) is 27.4 Å². The maximum Gasteiger partial charge on any atom is 0.238 e. The van der Waals surface area contributed by atoms with Gasteiger partial charge in [-0.25, -0.2) is 13.6 Å². The number of carbonyl (C=O) groups excluding carboxylic acids is 1. The third kappa shape index (κ3) is 4.91. The van der Waals surface area contributed by atoms with Gasteiger partial charge >= 0.3 is 0 Å². The molecule has 6 nitrogen and oxygen atoms in total. The van der Waals surface area contributed by atoms with Gasteiger partial charge in [0.05, 0.1) is 11.3 Å². The number of hydrogen-bond acceptors (Lipinski definition) is 4. The zero-order valence-corrected chi connectivity index (χ0v) is 15.7. The van der Waals surface area contributed by atoms with Crippen LogP contribution in [0.3, 0.4) is 0 Å². The van der Waals surface area contributed by atoms with Crippen LogP contribution in [0.15, 0.2) is 71.9 Å². The minimum atomic E-state index is -3.95. The third-order valence-corrected chi connectivity index (χ3v) is 5.08. The number of rotatable bonds is 5. The predicted octanol–water partition coefficient (Wildman–Crippen LogP) is 3.23. The van der Waals surface area contributed by atoms with E-state index in [-0.39, 0.29) is 17.2 Å². The van der Waals surface area contributed by atoms with Crippen molar-refractivity contribution in [1.82, 2.24) is 4.98 Å². The normalized spacial score (nSPS) is 11.2. The standard InChI is InChI=1S/C19H16ClN3O3S/c20-18-6-2-1-4-13(18)10-19(24)23-16-8-15(14-5-3-7-22-12-14)9-17(11-16)27(21,25)26/h1-9,11-12H,10H2,(H,23,24)(H2,21,25,26). The quantitative estimate of drug-likeness (QED) is 0.685. The van der Waals surface area contributed by atoms with Crippen LogP contribution in [0.4, 0.5) is 5.69 Å². The number of hydrogen-bond donors (Lipinski definition) is 2. The van der Waals surface area contributed by atoms with Crippen molar-refractivity contribution >= 4 is 33.2 Å². The number of primary sulfonamides is 1. The first-order valence-corrected chi connectivity index (χ1v) is 9.87. The molecule has 0 unspecified atom stereocenters. The molecule has 8 heteroatoms. The molecule has 0 spiro atoms. The van der Waals surface area contributed by atoms with Crippen LogP contribution in [0.2, 0.25) is 5.02 Å². The van der Waals surface area contributed by atoms with Gasteiger partial charge in [0, 0.05) is 28.7 Å². The van der Waals surface area contributed by atoms with E-state index in [0.717, 1.165) is 0 Å². The maximum atomic E-state index is 12.4. The summed E-state index contributed by atoms with van der Waals surface area (Å²) >= 11 is 6.08. The van der Waals surface area contributed by atoms with E-state index in [9.17, 15) is 13.2 Å². The molecule has 3 N–H and O–H groups in total. The van der Waals surface area contributed by atoms with Gasteiger partial charge in [0.2, 0.25) is 15.9 Å². The second-order valence-electron chi connectivity index (χ2n) is 5.85. The van der Waals surface area contributed by atoms with Crippen molar-refractivity contribution in [3.8, 4) is 11.1 Å². The summed E-state index contributed by atoms with van der Waals surface area (Å²) in [5.74, 6) is -0.327.